The number of rotatable bonds is 6. The first-order chi connectivity index (χ1) is 17.9. The second kappa shape index (κ2) is 9.51. The number of benzene rings is 1. The lowest BCUT2D eigenvalue weighted by molar-refractivity contribution is -0.183. The second-order valence-corrected chi connectivity index (χ2v) is 10.8. The molecule has 1 unspecified atom stereocenters. The molecule has 3 aliphatic rings. The number of fused-ring (bicyclic) bond motifs is 3. The van der Waals surface area contributed by atoms with Gasteiger partial charge in [0.05, 0.1) is 23.6 Å². The molecule has 1 amide bonds. The Hall–Kier alpha value is -3.13. The average molecular weight is 556 g/mol. The van der Waals surface area contributed by atoms with Gasteiger partial charge in [-0.25, -0.2) is 0 Å². The van der Waals surface area contributed by atoms with E-state index in [-0.39, 0.29) is 37.1 Å². The largest absolute Gasteiger partial charge is 0.510 e. The number of ketones is 1. The number of nitrogens with zero attached hydrogens (tertiary/aromatic N) is 1. The van der Waals surface area contributed by atoms with E-state index in [0.717, 1.165) is 6.92 Å². The number of allylic oxidation sites excluding steroid dienone is 1. The zero-order chi connectivity index (χ0) is 29.2. The van der Waals surface area contributed by atoms with Crippen molar-refractivity contribution < 1.29 is 48.3 Å². The van der Waals surface area contributed by atoms with Crippen molar-refractivity contribution in [2.24, 2.45) is 17.6 Å². The van der Waals surface area contributed by atoms with Gasteiger partial charge in [-0.1, -0.05) is 6.07 Å². The van der Waals surface area contributed by atoms with E-state index in [0.29, 0.717) is 11.1 Å². The summed E-state index contributed by atoms with van der Waals surface area (Å²) in [5.74, 6) is -5.78. The number of carbonyl (C=O) groups excluding carboxylic acids is 2. The molecule has 0 heterocycles. The maximum Gasteiger partial charge on any atom is 0.390 e. The summed E-state index contributed by atoms with van der Waals surface area (Å²) in [6, 6.07) is 1.64. The molecule has 5 atom stereocenters. The van der Waals surface area contributed by atoms with Gasteiger partial charge in [0.25, 0.3) is 5.91 Å². The normalized spacial score (nSPS) is 30.8. The number of aliphatic hydroxyl groups excluding tert-OH is 2. The lowest BCUT2D eigenvalue weighted by Crippen LogP contribution is -2.70. The fraction of sp³-hybridized carbons (Fsp3) is 0.538. The third-order valence-electron chi connectivity index (χ3n) is 8.26. The van der Waals surface area contributed by atoms with Crippen LogP contribution < -0.4 is 11.1 Å². The SMILES string of the molecule is CN(C)[C@@H]1C(O)=C(C(N)=O)C(C)(O)[C@@]2(O)C(O)=C3C(=O)c4c(O)ccc(CNCCC(F)(F)F)c4C[C@H]3C[C@@H]12. The van der Waals surface area contributed by atoms with Crippen molar-refractivity contribution >= 4 is 11.7 Å². The molecular weight excluding hydrogens is 523 g/mol. The Morgan fingerprint density at radius 2 is 1.85 bits per heavy atom. The number of phenolic OH excluding ortho intramolecular Hbond substituents is 1. The number of alkyl halides is 3. The first kappa shape index (κ1) is 28.9. The van der Waals surface area contributed by atoms with Crippen LogP contribution in [-0.4, -0.2) is 86.2 Å². The highest BCUT2D eigenvalue weighted by Crippen LogP contribution is 2.56. The Morgan fingerprint density at radius 3 is 2.41 bits per heavy atom. The van der Waals surface area contributed by atoms with Gasteiger partial charge in [-0.3, -0.25) is 14.5 Å². The van der Waals surface area contributed by atoms with Gasteiger partial charge >= 0.3 is 6.18 Å². The molecule has 0 bridgehead atoms. The van der Waals surface area contributed by atoms with E-state index >= 15 is 0 Å². The van der Waals surface area contributed by atoms with Crippen LogP contribution in [0.15, 0.2) is 34.8 Å². The minimum Gasteiger partial charge on any atom is -0.510 e. The van der Waals surface area contributed by atoms with E-state index in [2.05, 4.69) is 5.32 Å². The number of likely N-dealkylation sites (N-methyl/N-ethyl adjacent to an activating group) is 1. The minimum absolute atomic E-state index is 0.0162. The molecule has 13 heteroatoms. The number of halogens is 3. The molecule has 0 fully saturated rings. The van der Waals surface area contributed by atoms with Gasteiger partial charge in [-0.15, -0.1) is 0 Å². The number of primary amides is 1. The molecule has 0 aromatic heterocycles. The number of nitrogens with one attached hydrogen (secondary N) is 1. The Bertz CT molecular complexity index is 1290. The maximum absolute atomic E-state index is 13.7. The fourth-order valence-corrected chi connectivity index (χ4v) is 6.51. The number of amides is 1. The van der Waals surface area contributed by atoms with Crippen LogP contribution in [-0.2, 0) is 17.8 Å². The predicted octanol–water partition coefficient (Wildman–Crippen LogP) is 1.34. The molecule has 3 aliphatic carbocycles. The van der Waals surface area contributed by atoms with E-state index in [1.807, 2.05) is 0 Å². The van der Waals surface area contributed by atoms with Gasteiger partial charge in [-0.05, 0) is 57.0 Å². The van der Waals surface area contributed by atoms with E-state index in [1.54, 1.807) is 14.1 Å². The van der Waals surface area contributed by atoms with E-state index in [4.69, 9.17) is 5.73 Å². The van der Waals surface area contributed by atoms with Crippen LogP contribution >= 0.6 is 0 Å². The van der Waals surface area contributed by atoms with E-state index in [9.17, 15) is 48.3 Å². The number of carbonyl (C=O) groups is 2. The molecule has 10 nitrogen and oxygen atoms in total. The van der Waals surface area contributed by atoms with Crippen LogP contribution in [0.2, 0.25) is 0 Å². The van der Waals surface area contributed by atoms with E-state index < -0.39 is 76.2 Å². The molecule has 4 rings (SSSR count). The molecule has 0 aliphatic heterocycles. The zero-order valence-electron chi connectivity index (χ0n) is 21.6. The van der Waals surface area contributed by atoms with Crippen LogP contribution in [0.1, 0.15) is 41.3 Å². The Labute approximate surface area is 222 Å². The van der Waals surface area contributed by atoms with Crippen LogP contribution in [0.4, 0.5) is 13.2 Å². The van der Waals surface area contributed by atoms with Crippen molar-refractivity contribution in [1.29, 1.82) is 0 Å². The molecule has 8 N–H and O–H groups in total. The van der Waals surface area contributed by atoms with Crippen molar-refractivity contribution in [2.75, 3.05) is 20.6 Å². The third-order valence-corrected chi connectivity index (χ3v) is 8.26. The summed E-state index contributed by atoms with van der Waals surface area (Å²) in [7, 11) is 3.11. The summed E-state index contributed by atoms with van der Waals surface area (Å²) in [6.07, 6.45) is -5.35. The molecule has 1 aromatic carbocycles. The minimum atomic E-state index is -4.34. The summed E-state index contributed by atoms with van der Waals surface area (Å²) in [5, 5.41) is 59.0. The molecule has 0 radical (unpaired) electrons. The number of phenols is 1. The van der Waals surface area contributed by atoms with Gasteiger partial charge in [0.2, 0.25) is 0 Å². The van der Waals surface area contributed by atoms with Crippen LogP contribution in [0, 0.1) is 11.8 Å². The van der Waals surface area contributed by atoms with Crippen molar-refractivity contribution in [1.82, 2.24) is 10.2 Å². The summed E-state index contributed by atoms with van der Waals surface area (Å²) in [6.45, 7) is 0.644. The number of aliphatic hydroxyl groups is 4. The highest BCUT2D eigenvalue weighted by molar-refractivity contribution is 6.13. The highest BCUT2D eigenvalue weighted by atomic mass is 19.4. The lowest BCUT2D eigenvalue weighted by atomic mass is 9.54. The Kier molecular flexibility index (Phi) is 7.04. The van der Waals surface area contributed by atoms with Crippen molar-refractivity contribution in [2.45, 2.75) is 56.2 Å². The van der Waals surface area contributed by atoms with Crippen molar-refractivity contribution in [3.8, 4) is 5.75 Å². The standard InChI is InChI=1S/C26H32F3N3O7/c1-24(38)18(23(30)37)21(35)19(32(2)3)14-9-12-8-13-11(10-31-7-6-25(27,28)29)4-5-15(33)17(13)20(34)16(12)22(36)26(14,24)39/h4-5,12,14,19,31,33,35-36,38-39H,6-10H2,1-3H3,(H2,30,37)/t12-,14-,19-,24?,26-/m0/s1. The van der Waals surface area contributed by atoms with Gasteiger partial charge in [0, 0.05) is 24.6 Å². The number of Topliss-reactive ketones (excluding diaryl/α,β-unsaturated/α-hetero) is 1. The monoisotopic (exact) mass is 555 g/mol. The fourth-order valence-electron chi connectivity index (χ4n) is 6.51. The van der Waals surface area contributed by atoms with Gasteiger partial charge in [0.1, 0.15) is 22.9 Å². The van der Waals surface area contributed by atoms with E-state index in [1.165, 1.54) is 17.0 Å². The number of hydrogen-bond acceptors (Lipinski definition) is 9. The van der Waals surface area contributed by atoms with Crippen LogP contribution in [0.25, 0.3) is 0 Å². The molecule has 0 saturated carbocycles. The summed E-state index contributed by atoms with van der Waals surface area (Å²) in [4.78, 5) is 27.5. The molecule has 1 aromatic rings. The van der Waals surface area contributed by atoms with Gasteiger partial charge in [0.15, 0.2) is 11.4 Å². The predicted molar refractivity (Wildman–Crippen MR) is 132 cm³/mol. The molecular formula is C26H32F3N3O7. The zero-order valence-corrected chi connectivity index (χ0v) is 21.6. The molecule has 214 valence electrons. The van der Waals surface area contributed by atoms with Crippen molar-refractivity contribution in [3.05, 3.63) is 51.5 Å². The summed E-state index contributed by atoms with van der Waals surface area (Å²) < 4.78 is 37.7. The lowest BCUT2D eigenvalue weighted by Gasteiger charge is -2.56. The number of hydrogen-bond donors (Lipinski definition) is 7. The second-order valence-electron chi connectivity index (χ2n) is 10.8. The Morgan fingerprint density at radius 1 is 1.21 bits per heavy atom. The highest BCUT2D eigenvalue weighted by Gasteiger charge is 2.68. The maximum atomic E-state index is 13.7. The number of aromatic hydroxyl groups is 1. The first-order valence-corrected chi connectivity index (χ1v) is 12.4. The molecule has 0 spiro atoms. The molecule has 0 saturated heterocycles. The van der Waals surface area contributed by atoms with Gasteiger partial charge in [-0.2, -0.15) is 13.2 Å². The quantitative estimate of drug-likeness (QED) is 0.255. The Balaban J connectivity index is 1.83. The summed E-state index contributed by atoms with van der Waals surface area (Å²) in [5.41, 5.74) is -0.0236. The first-order valence-electron chi connectivity index (χ1n) is 12.4. The van der Waals surface area contributed by atoms with Gasteiger partial charge < -0.3 is 36.6 Å². The number of nitrogens with two attached hydrogens (primary N) is 1. The average Bonchev–Trinajstić information content (AvgIpc) is 2.79. The molecule has 39 heavy (non-hydrogen) atoms. The smallest absolute Gasteiger partial charge is 0.390 e. The van der Waals surface area contributed by atoms with Crippen LogP contribution in [0.5, 0.6) is 5.75 Å². The van der Waals surface area contributed by atoms with Crippen LogP contribution in [0.3, 0.4) is 0 Å². The van der Waals surface area contributed by atoms with Crippen molar-refractivity contribution in [3.63, 3.8) is 0 Å². The summed E-state index contributed by atoms with van der Waals surface area (Å²) >= 11 is 0. The topological polar surface area (TPSA) is 177 Å². The third kappa shape index (κ3) is 4.37.